The van der Waals surface area contributed by atoms with Crippen molar-refractivity contribution in [2.24, 2.45) is 5.92 Å². The number of aromatic nitrogens is 2. The van der Waals surface area contributed by atoms with Gasteiger partial charge in [-0.3, -0.25) is 0 Å². The third-order valence-corrected chi connectivity index (χ3v) is 4.65. The lowest BCUT2D eigenvalue weighted by Gasteiger charge is -2.33. The molecule has 1 N–H and O–H groups in total. The lowest BCUT2D eigenvalue weighted by atomic mass is 9.92. The summed E-state index contributed by atoms with van der Waals surface area (Å²) >= 11 is 3.66. The molecule has 0 aliphatic carbocycles. The molecule has 0 unspecified atom stereocenters. The van der Waals surface area contributed by atoms with Crippen molar-refractivity contribution in [3.05, 3.63) is 10.8 Å². The molecule has 0 bridgehead atoms. The van der Waals surface area contributed by atoms with Crippen LogP contribution in [0.3, 0.4) is 0 Å². The van der Waals surface area contributed by atoms with Crippen LogP contribution in [-0.4, -0.2) is 29.6 Å². The molecule has 1 fully saturated rings. The van der Waals surface area contributed by atoms with Crippen molar-refractivity contribution in [1.82, 2.24) is 9.97 Å². The highest BCUT2D eigenvalue weighted by atomic mass is 79.9. The van der Waals surface area contributed by atoms with Gasteiger partial charge in [-0.15, -0.1) is 0 Å². The Labute approximate surface area is 130 Å². The second kappa shape index (κ2) is 7.81. The fourth-order valence-corrected chi connectivity index (χ4v) is 3.39. The van der Waals surface area contributed by atoms with Crippen molar-refractivity contribution in [2.75, 3.05) is 29.9 Å². The van der Waals surface area contributed by atoms with Crippen LogP contribution in [-0.2, 0) is 0 Å². The van der Waals surface area contributed by atoms with Crippen LogP contribution in [0.4, 0.5) is 11.6 Å². The Morgan fingerprint density at radius 2 is 2.00 bits per heavy atom. The lowest BCUT2D eigenvalue weighted by Crippen LogP contribution is -2.34. The third kappa shape index (κ3) is 3.84. The number of rotatable bonds is 6. The Morgan fingerprint density at radius 3 is 2.65 bits per heavy atom. The minimum Gasteiger partial charge on any atom is -0.369 e. The molecule has 1 aromatic rings. The fourth-order valence-electron chi connectivity index (χ4n) is 2.79. The fraction of sp³-hybridized carbons (Fsp3) is 0.733. The van der Waals surface area contributed by atoms with Crippen LogP contribution in [0, 0.1) is 5.92 Å². The number of hydrogen-bond donors (Lipinski definition) is 1. The van der Waals surface area contributed by atoms with Gasteiger partial charge in [0.15, 0.2) is 0 Å². The Bertz CT molecular complexity index is 416. The van der Waals surface area contributed by atoms with E-state index in [2.05, 4.69) is 50.0 Å². The van der Waals surface area contributed by atoms with E-state index in [1.54, 1.807) is 6.33 Å². The van der Waals surface area contributed by atoms with Gasteiger partial charge in [0.2, 0.25) is 0 Å². The second-order valence-corrected chi connectivity index (χ2v) is 6.30. The zero-order chi connectivity index (χ0) is 14.4. The molecule has 1 aromatic heterocycles. The molecule has 0 aromatic carbocycles. The van der Waals surface area contributed by atoms with Crippen LogP contribution in [0.25, 0.3) is 0 Å². The predicted molar refractivity (Wildman–Crippen MR) is 88.4 cm³/mol. The molecular formula is C15H25BrN4. The molecule has 112 valence electrons. The SMILES string of the molecule is CCCNc1ncnc(N2CCC(CCC)CC2)c1Br. The molecule has 5 heteroatoms. The number of halogens is 1. The smallest absolute Gasteiger partial charge is 0.148 e. The second-order valence-electron chi connectivity index (χ2n) is 5.51. The standard InChI is InChI=1S/C15H25BrN4/c1-3-5-12-6-9-20(10-7-12)15-13(16)14(17-8-4-2)18-11-19-15/h11-12H,3-10H2,1-2H3,(H,17,18,19). The summed E-state index contributed by atoms with van der Waals surface area (Å²) in [6.07, 6.45) is 7.98. The minimum absolute atomic E-state index is 0.898. The van der Waals surface area contributed by atoms with E-state index in [4.69, 9.17) is 0 Å². The molecule has 0 radical (unpaired) electrons. The molecule has 0 saturated carbocycles. The molecule has 0 atom stereocenters. The zero-order valence-electron chi connectivity index (χ0n) is 12.5. The summed E-state index contributed by atoms with van der Waals surface area (Å²) in [6.45, 7) is 7.58. The molecular weight excluding hydrogens is 316 g/mol. The van der Waals surface area contributed by atoms with Gasteiger partial charge in [0, 0.05) is 19.6 Å². The molecule has 2 rings (SSSR count). The third-order valence-electron chi connectivity index (χ3n) is 3.92. The topological polar surface area (TPSA) is 41.1 Å². The van der Waals surface area contributed by atoms with E-state index in [-0.39, 0.29) is 0 Å². The van der Waals surface area contributed by atoms with E-state index in [1.165, 1.54) is 25.7 Å². The first-order valence-electron chi connectivity index (χ1n) is 7.75. The van der Waals surface area contributed by atoms with Gasteiger partial charge < -0.3 is 10.2 Å². The van der Waals surface area contributed by atoms with Crippen molar-refractivity contribution in [3.8, 4) is 0 Å². The summed E-state index contributed by atoms with van der Waals surface area (Å²) in [5.74, 6) is 2.84. The van der Waals surface area contributed by atoms with Crippen molar-refractivity contribution < 1.29 is 0 Å². The molecule has 0 spiro atoms. The molecule has 2 heterocycles. The van der Waals surface area contributed by atoms with Crippen molar-refractivity contribution in [2.45, 2.75) is 46.0 Å². The monoisotopic (exact) mass is 340 g/mol. The predicted octanol–water partition coefficient (Wildman–Crippen LogP) is 4.08. The van der Waals surface area contributed by atoms with Crippen LogP contribution in [0.5, 0.6) is 0 Å². The number of anilines is 2. The molecule has 1 aliphatic rings. The number of hydrogen-bond acceptors (Lipinski definition) is 4. The van der Waals surface area contributed by atoms with E-state index < -0.39 is 0 Å². The van der Waals surface area contributed by atoms with Crippen LogP contribution >= 0.6 is 15.9 Å². The molecule has 0 amide bonds. The highest BCUT2D eigenvalue weighted by Gasteiger charge is 2.22. The van der Waals surface area contributed by atoms with Gasteiger partial charge >= 0.3 is 0 Å². The summed E-state index contributed by atoms with van der Waals surface area (Å²) in [4.78, 5) is 11.2. The van der Waals surface area contributed by atoms with Gasteiger partial charge in [-0.2, -0.15) is 0 Å². The first-order valence-corrected chi connectivity index (χ1v) is 8.54. The van der Waals surface area contributed by atoms with E-state index in [1.807, 2.05) is 0 Å². The average Bonchev–Trinajstić information content (AvgIpc) is 2.48. The first-order chi connectivity index (χ1) is 9.76. The largest absolute Gasteiger partial charge is 0.369 e. The molecule has 1 saturated heterocycles. The first kappa shape index (κ1) is 15.5. The zero-order valence-corrected chi connectivity index (χ0v) is 14.1. The lowest BCUT2D eigenvalue weighted by molar-refractivity contribution is 0.377. The van der Waals surface area contributed by atoms with E-state index in [0.717, 1.165) is 48.1 Å². The van der Waals surface area contributed by atoms with Gasteiger partial charge in [-0.1, -0.05) is 26.7 Å². The van der Waals surface area contributed by atoms with Crippen molar-refractivity contribution in [1.29, 1.82) is 0 Å². The van der Waals surface area contributed by atoms with E-state index >= 15 is 0 Å². The van der Waals surface area contributed by atoms with Crippen molar-refractivity contribution >= 4 is 27.6 Å². The van der Waals surface area contributed by atoms with Crippen molar-refractivity contribution in [3.63, 3.8) is 0 Å². The summed E-state index contributed by atoms with van der Waals surface area (Å²) in [6, 6.07) is 0. The number of piperidine rings is 1. The summed E-state index contributed by atoms with van der Waals surface area (Å²) < 4.78 is 1.00. The maximum absolute atomic E-state index is 4.47. The molecule has 4 nitrogen and oxygen atoms in total. The normalized spacial score (nSPS) is 16.4. The summed E-state index contributed by atoms with van der Waals surface area (Å²) in [7, 11) is 0. The Hall–Kier alpha value is -0.840. The van der Waals surface area contributed by atoms with E-state index in [0.29, 0.717) is 0 Å². The Kier molecular flexibility index (Phi) is 6.07. The molecule has 1 aliphatic heterocycles. The highest BCUT2D eigenvalue weighted by Crippen LogP contribution is 2.32. The maximum atomic E-state index is 4.47. The van der Waals surface area contributed by atoms with E-state index in [9.17, 15) is 0 Å². The number of nitrogens with one attached hydrogen (secondary N) is 1. The Balaban J connectivity index is 2.02. The van der Waals surface area contributed by atoms with Gasteiger partial charge in [0.05, 0.1) is 0 Å². The van der Waals surface area contributed by atoms with Gasteiger partial charge in [0.1, 0.15) is 22.4 Å². The minimum atomic E-state index is 0.898. The van der Waals surface area contributed by atoms with Crippen LogP contribution in [0.1, 0.15) is 46.0 Å². The summed E-state index contributed by atoms with van der Waals surface area (Å²) in [5, 5.41) is 3.35. The highest BCUT2D eigenvalue weighted by molar-refractivity contribution is 9.10. The Morgan fingerprint density at radius 1 is 1.25 bits per heavy atom. The van der Waals surface area contributed by atoms with Gasteiger partial charge in [-0.05, 0) is 41.1 Å². The number of nitrogens with zero attached hydrogens (tertiary/aromatic N) is 3. The van der Waals surface area contributed by atoms with Crippen LogP contribution < -0.4 is 10.2 Å². The summed E-state index contributed by atoms with van der Waals surface area (Å²) in [5.41, 5.74) is 0. The van der Waals surface area contributed by atoms with Crippen LogP contribution in [0.2, 0.25) is 0 Å². The average molecular weight is 341 g/mol. The van der Waals surface area contributed by atoms with Gasteiger partial charge in [0.25, 0.3) is 0 Å². The maximum Gasteiger partial charge on any atom is 0.148 e. The quantitative estimate of drug-likeness (QED) is 0.847. The van der Waals surface area contributed by atoms with Gasteiger partial charge in [-0.25, -0.2) is 9.97 Å². The molecule has 20 heavy (non-hydrogen) atoms. The van der Waals surface area contributed by atoms with Crippen LogP contribution in [0.15, 0.2) is 10.8 Å².